The van der Waals surface area contributed by atoms with Crippen LogP contribution in [0.2, 0.25) is 0 Å². The number of hydrogen-bond donors (Lipinski definition) is 2. The molecule has 21 heavy (non-hydrogen) atoms. The molecule has 2 N–H and O–H groups in total. The van der Waals surface area contributed by atoms with Crippen LogP contribution in [0.4, 0.5) is 5.69 Å². The van der Waals surface area contributed by atoms with E-state index in [1.165, 1.54) is 9.78 Å². The number of para-hydroxylation sites is 1. The number of anilines is 1. The highest BCUT2D eigenvalue weighted by atomic mass is 32.2. The lowest BCUT2D eigenvalue weighted by Crippen LogP contribution is -3.11. The van der Waals surface area contributed by atoms with E-state index in [2.05, 4.69) is 29.8 Å². The molecule has 0 aliphatic rings. The molecule has 0 bridgehead atoms. The summed E-state index contributed by atoms with van der Waals surface area (Å²) in [6, 6.07) is 12.1. The highest BCUT2D eigenvalue weighted by Crippen LogP contribution is 2.24. The largest absolute Gasteiger partial charge is 0.323 e. The van der Waals surface area contributed by atoms with E-state index < -0.39 is 0 Å². The molecule has 5 heteroatoms. The second kappa shape index (κ2) is 8.22. The van der Waals surface area contributed by atoms with Crippen LogP contribution in [-0.2, 0) is 11.3 Å². The molecular formula is C16H21N2OS2+. The van der Waals surface area contributed by atoms with Gasteiger partial charge in [-0.15, -0.1) is 23.1 Å². The Hall–Kier alpha value is -1.30. The zero-order valence-electron chi connectivity index (χ0n) is 12.4. The summed E-state index contributed by atoms with van der Waals surface area (Å²) in [5.74, 6) is 0.0740. The first-order valence-electron chi connectivity index (χ1n) is 7.01. The van der Waals surface area contributed by atoms with Gasteiger partial charge in [0.15, 0.2) is 6.54 Å². The monoisotopic (exact) mass is 321 g/mol. The predicted octanol–water partition coefficient (Wildman–Crippen LogP) is 2.51. The smallest absolute Gasteiger partial charge is 0.279 e. The van der Waals surface area contributed by atoms with Crippen LogP contribution < -0.4 is 10.2 Å². The molecule has 0 aliphatic carbocycles. The summed E-state index contributed by atoms with van der Waals surface area (Å²) >= 11 is 3.39. The van der Waals surface area contributed by atoms with Crippen molar-refractivity contribution in [2.75, 3.05) is 24.7 Å². The number of nitrogens with one attached hydrogen (secondary N) is 2. The number of amides is 1. The Balaban J connectivity index is 1.93. The van der Waals surface area contributed by atoms with Crippen LogP contribution in [0.5, 0.6) is 0 Å². The Morgan fingerprint density at radius 1 is 1.29 bits per heavy atom. The second-order valence-electron chi connectivity index (χ2n) is 4.78. The standard InChI is InChI=1S/C16H20N2OS2/c1-3-18(11-13-7-6-10-21-13)12-16(19)17-14-8-4-5-9-15(14)20-2/h4-10H,3,11-12H2,1-2H3,(H,17,19)/p+1. The minimum absolute atomic E-state index is 0.0740. The van der Waals surface area contributed by atoms with Crippen molar-refractivity contribution in [3.8, 4) is 0 Å². The Morgan fingerprint density at radius 3 is 2.76 bits per heavy atom. The van der Waals surface area contributed by atoms with Gasteiger partial charge in [0.25, 0.3) is 5.91 Å². The van der Waals surface area contributed by atoms with Crippen molar-refractivity contribution in [1.29, 1.82) is 0 Å². The minimum Gasteiger partial charge on any atom is -0.323 e. The van der Waals surface area contributed by atoms with Crippen molar-refractivity contribution in [2.24, 2.45) is 0 Å². The number of carbonyl (C=O) groups excluding carboxylic acids is 1. The van der Waals surface area contributed by atoms with E-state index in [0.717, 1.165) is 23.7 Å². The third kappa shape index (κ3) is 4.88. The van der Waals surface area contributed by atoms with Crippen LogP contribution in [0.3, 0.4) is 0 Å². The van der Waals surface area contributed by atoms with Crippen LogP contribution in [0.25, 0.3) is 0 Å². The third-order valence-electron chi connectivity index (χ3n) is 3.30. The van der Waals surface area contributed by atoms with Gasteiger partial charge in [0.05, 0.1) is 17.1 Å². The Kier molecular flexibility index (Phi) is 6.29. The molecule has 0 radical (unpaired) electrons. The molecule has 112 valence electrons. The normalized spacial score (nSPS) is 12.1. The maximum atomic E-state index is 12.2. The van der Waals surface area contributed by atoms with Crippen LogP contribution in [0, 0.1) is 0 Å². The molecule has 2 rings (SSSR count). The second-order valence-corrected chi connectivity index (χ2v) is 6.67. The molecular weight excluding hydrogens is 300 g/mol. The number of carbonyl (C=O) groups is 1. The summed E-state index contributed by atoms with van der Waals surface area (Å²) in [6.07, 6.45) is 2.02. The molecule has 1 atom stereocenters. The van der Waals surface area contributed by atoms with Gasteiger partial charge in [0.2, 0.25) is 0 Å². The van der Waals surface area contributed by atoms with E-state index in [1.807, 2.05) is 30.5 Å². The highest BCUT2D eigenvalue weighted by molar-refractivity contribution is 7.98. The van der Waals surface area contributed by atoms with Crippen LogP contribution in [-0.4, -0.2) is 25.3 Å². The first-order valence-corrected chi connectivity index (χ1v) is 9.12. The number of benzene rings is 1. The fourth-order valence-corrected chi connectivity index (χ4v) is 3.47. The molecule has 0 saturated carbocycles. The molecule has 2 aromatic rings. The molecule has 0 fully saturated rings. The van der Waals surface area contributed by atoms with Gasteiger partial charge in [-0.05, 0) is 36.8 Å². The van der Waals surface area contributed by atoms with Crippen molar-refractivity contribution in [3.05, 3.63) is 46.7 Å². The molecule has 1 heterocycles. The first-order chi connectivity index (χ1) is 10.2. The number of thioether (sulfide) groups is 1. The van der Waals surface area contributed by atoms with Gasteiger partial charge in [0, 0.05) is 4.90 Å². The summed E-state index contributed by atoms with van der Waals surface area (Å²) in [5, 5.41) is 5.11. The molecule has 1 unspecified atom stereocenters. The SMILES string of the molecule is CC[NH+](CC(=O)Nc1ccccc1SC)Cc1cccs1. The van der Waals surface area contributed by atoms with Gasteiger partial charge in [-0.1, -0.05) is 18.2 Å². The predicted molar refractivity (Wildman–Crippen MR) is 91.2 cm³/mol. The topological polar surface area (TPSA) is 33.5 Å². The van der Waals surface area contributed by atoms with Crippen LogP contribution in [0.15, 0.2) is 46.7 Å². The molecule has 1 aromatic heterocycles. The fraction of sp³-hybridized carbons (Fsp3) is 0.312. The average molecular weight is 321 g/mol. The third-order valence-corrected chi connectivity index (χ3v) is 4.97. The summed E-state index contributed by atoms with van der Waals surface area (Å²) in [6.45, 7) is 4.46. The van der Waals surface area contributed by atoms with E-state index in [4.69, 9.17) is 0 Å². The fourth-order valence-electron chi connectivity index (χ4n) is 2.14. The number of rotatable bonds is 7. The highest BCUT2D eigenvalue weighted by Gasteiger charge is 2.14. The van der Waals surface area contributed by atoms with Crippen LogP contribution in [0.1, 0.15) is 11.8 Å². The van der Waals surface area contributed by atoms with E-state index >= 15 is 0 Å². The van der Waals surface area contributed by atoms with E-state index in [9.17, 15) is 4.79 Å². The van der Waals surface area contributed by atoms with Crippen molar-refractivity contribution < 1.29 is 9.69 Å². The lowest BCUT2D eigenvalue weighted by molar-refractivity contribution is -0.903. The van der Waals surface area contributed by atoms with Crippen molar-refractivity contribution >= 4 is 34.7 Å². The first kappa shape index (κ1) is 16.1. The maximum Gasteiger partial charge on any atom is 0.279 e. The summed E-state index contributed by atoms with van der Waals surface area (Å²) in [4.78, 5) is 15.9. The molecule has 1 amide bonds. The number of quaternary nitrogens is 1. The van der Waals surface area contributed by atoms with Gasteiger partial charge >= 0.3 is 0 Å². The van der Waals surface area contributed by atoms with Gasteiger partial charge in [-0.2, -0.15) is 0 Å². The average Bonchev–Trinajstić information content (AvgIpc) is 3.00. The summed E-state index contributed by atoms with van der Waals surface area (Å²) in [7, 11) is 0. The molecule has 0 saturated heterocycles. The maximum absolute atomic E-state index is 12.2. The van der Waals surface area contributed by atoms with Crippen molar-refractivity contribution in [2.45, 2.75) is 18.4 Å². The molecule has 0 aliphatic heterocycles. The summed E-state index contributed by atoms with van der Waals surface area (Å²) in [5.41, 5.74) is 0.904. The van der Waals surface area contributed by atoms with E-state index in [1.54, 1.807) is 23.1 Å². The molecule has 0 spiro atoms. The Morgan fingerprint density at radius 2 is 2.10 bits per heavy atom. The van der Waals surface area contributed by atoms with E-state index in [0.29, 0.717) is 6.54 Å². The lowest BCUT2D eigenvalue weighted by Gasteiger charge is -2.17. The van der Waals surface area contributed by atoms with E-state index in [-0.39, 0.29) is 5.91 Å². The van der Waals surface area contributed by atoms with Gasteiger partial charge in [-0.25, -0.2) is 0 Å². The number of hydrogen-bond acceptors (Lipinski definition) is 3. The Labute approximate surface area is 134 Å². The van der Waals surface area contributed by atoms with Crippen LogP contribution >= 0.6 is 23.1 Å². The number of thiophene rings is 1. The molecule has 3 nitrogen and oxygen atoms in total. The summed E-state index contributed by atoms with van der Waals surface area (Å²) < 4.78 is 0. The zero-order chi connectivity index (χ0) is 15.1. The zero-order valence-corrected chi connectivity index (χ0v) is 14.0. The Bertz CT molecular complexity index is 569. The van der Waals surface area contributed by atoms with Gasteiger partial charge in [0.1, 0.15) is 6.54 Å². The van der Waals surface area contributed by atoms with Crippen molar-refractivity contribution in [3.63, 3.8) is 0 Å². The van der Waals surface area contributed by atoms with Gasteiger partial charge < -0.3 is 10.2 Å². The lowest BCUT2D eigenvalue weighted by atomic mass is 10.3. The number of likely N-dealkylation sites (N-methyl/N-ethyl adjacent to an activating group) is 1. The van der Waals surface area contributed by atoms with Crippen molar-refractivity contribution in [1.82, 2.24) is 0 Å². The molecule has 1 aromatic carbocycles. The minimum atomic E-state index is 0.0740. The quantitative estimate of drug-likeness (QED) is 0.768. The van der Waals surface area contributed by atoms with Gasteiger partial charge in [-0.3, -0.25) is 4.79 Å².